The molecule has 6 N–H and O–H groups in total. The highest BCUT2D eigenvalue weighted by molar-refractivity contribution is 7.17. The molecule has 1 aliphatic rings. The molecule has 1 aliphatic heterocycles. The van der Waals surface area contributed by atoms with Gasteiger partial charge in [0.2, 0.25) is 18.2 Å². The van der Waals surface area contributed by atoms with Crippen molar-refractivity contribution >= 4 is 50.4 Å². The molecule has 202 valence electrons. The molecule has 3 aromatic carbocycles. The van der Waals surface area contributed by atoms with Crippen LogP contribution in [0, 0.1) is 0 Å². The van der Waals surface area contributed by atoms with Crippen molar-refractivity contribution in [1.82, 2.24) is 21.3 Å². The van der Waals surface area contributed by atoms with Crippen LogP contribution < -0.4 is 27.0 Å². The van der Waals surface area contributed by atoms with E-state index in [0.717, 1.165) is 32.0 Å². The van der Waals surface area contributed by atoms with Crippen molar-refractivity contribution in [1.29, 1.82) is 0 Å². The monoisotopic (exact) mass is 543 g/mol. The molecule has 0 saturated carbocycles. The van der Waals surface area contributed by atoms with E-state index in [1.807, 2.05) is 72.1 Å². The Morgan fingerprint density at radius 3 is 2.44 bits per heavy atom. The summed E-state index contributed by atoms with van der Waals surface area (Å²) in [7, 11) is 0. The van der Waals surface area contributed by atoms with Crippen LogP contribution in [0.1, 0.15) is 24.0 Å². The zero-order valence-electron chi connectivity index (χ0n) is 21.6. The Bertz CT molecular complexity index is 1470. The molecular formula is C30H33N5O3S. The lowest BCUT2D eigenvalue weighted by Crippen LogP contribution is -2.63. The van der Waals surface area contributed by atoms with Crippen molar-refractivity contribution < 1.29 is 14.4 Å². The van der Waals surface area contributed by atoms with Gasteiger partial charge in [0.1, 0.15) is 12.2 Å². The largest absolute Gasteiger partial charge is 0.342 e. The molecule has 1 saturated heterocycles. The molecule has 0 bridgehead atoms. The number of thiophene rings is 1. The first-order valence-electron chi connectivity index (χ1n) is 13.2. The molecule has 3 amide bonds. The predicted molar refractivity (Wildman–Crippen MR) is 155 cm³/mol. The van der Waals surface area contributed by atoms with Crippen LogP contribution in [-0.2, 0) is 27.2 Å². The lowest BCUT2D eigenvalue weighted by atomic mass is 9.88. The molecule has 5 rings (SSSR count). The third-order valence-electron chi connectivity index (χ3n) is 7.44. The number of carbonyl (C=O) groups is 3. The van der Waals surface area contributed by atoms with Gasteiger partial charge in [-0.05, 0) is 64.7 Å². The second-order valence-electron chi connectivity index (χ2n) is 10.1. The van der Waals surface area contributed by atoms with Gasteiger partial charge < -0.3 is 27.0 Å². The summed E-state index contributed by atoms with van der Waals surface area (Å²) in [6.45, 7) is 1.29. The lowest BCUT2D eigenvalue weighted by molar-refractivity contribution is -0.133. The highest BCUT2D eigenvalue weighted by atomic mass is 32.1. The number of rotatable bonds is 10. The quantitative estimate of drug-likeness (QED) is 0.155. The average Bonchev–Trinajstić information content (AvgIpc) is 3.36. The van der Waals surface area contributed by atoms with Gasteiger partial charge in [0.05, 0.1) is 5.54 Å². The van der Waals surface area contributed by atoms with Crippen molar-refractivity contribution in [3.63, 3.8) is 0 Å². The fourth-order valence-electron chi connectivity index (χ4n) is 5.22. The number of nitrogens with one attached hydrogen (secondary N) is 4. The third kappa shape index (κ3) is 6.11. The minimum absolute atomic E-state index is 0.304. The maximum absolute atomic E-state index is 13.7. The van der Waals surface area contributed by atoms with Gasteiger partial charge in [-0.15, -0.1) is 11.3 Å². The summed E-state index contributed by atoms with van der Waals surface area (Å²) >= 11 is 1.60. The maximum Gasteiger partial charge on any atom is 0.244 e. The van der Waals surface area contributed by atoms with Crippen LogP contribution >= 0.6 is 11.3 Å². The van der Waals surface area contributed by atoms with Crippen molar-refractivity contribution in [3.8, 4) is 0 Å². The average molecular weight is 544 g/mol. The number of hydrogen-bond donors (Lipinski definition) is 5. The molecule has 9 heteroatoms. The predicted octanol–water partition coefficient (Wildman–Crippen LogP) is 2.59. The van der Waals surface area contributed by atoms with Crippen LogP contribution in [0.25, 0.3) is 20.9 Å². The molecule has 8 nitrogen and oxygen atoms in total. The number of benzene rings is 3. The molecular weight excluding hydrogens is 510 g/mol. The number of piperidine rings is 1. The minimum Gasteiger partial charge on any atom is -0.342 e. The van der Waals surface area contributed by atoms with E-state index in [4.69, 9.17) is 5.73 Å². The van der Waals surface area contributed by atoms with E-state index >= 15 is 0 Å². The molecule has 2 heterocycles. The zero-order chi connectivity index (χ0) is 27.2. The molecule has 0 radical (unpaired) electrons. The fraction of sp³-hybridized carbons (Fsp3) is 0.300. The van der Waals surface area contributed by atoms with Crippen LogP contribution in [0.4, 0.5) is 0 Å². The number of hydrogen-bond acceptors (Lipinski definition) is 6. The molecule has 0 aliphatic carbocycles. The Balaban J connectivity index is 1.39. The van der Waals surface area contributed by atoms with Crippen molar-refractivity contribution in [2.24, 2.45) is 5.73 Å². The van der Waals surface area contributed by atoms with E-state index in [1.165, 1.54) is 0 Å². The minimum atomic E-state index is -1.04. The Labute approximate surface area is 231 Å². The molecule has 0 unspecified atom stereocenters. The topological polar surface area (TPSA) is 125 Å². The van der Waals surface area contributed by atoms with Crippen LogP contribution in [-0.4, -0.2) is 49.1 Å². The van der Waals surface area contributed by atoms with E-state index in [0.29, 0.717) is 45.2 Å². The summed E-state index contributed by atoms with van der Waals surface area (Å²) in [5.41, 5.74) is 7.41. The molecule has 0 spiro atoms. The number of amides is 3. The van der Waals surface area contributed by atoms with E-state index in [2.05, 4.69) is 21.3 Å². The van der Waals surface area contributed by atoms with Crippen molar-refractivity contribution in [3.05, 3.63) is 83.2 Å². The lowest BCUT2D eigenvalue weighted by Gasteiger charge is -2.34. The van der Waals surface area contributed by atoms with Gasteiger partial charge in [0.25, 0.3) is 0 Å². The summed E-state index contributed by atoms with van der Waals surface area (Å²) in [5, 5.41) is 17.1. The Hall–Kier alpha value is -3.79. The summed E-state index contributed by atoms with van der Waals surface area (Å²) in [5.74, 6) is -0.714. The summed E-state index contributed by atoms with van der Waals surface area (Å²) in [6, 6.07) is 21.1. The molecule has 1 aromatic heterocycles. The maximum atomic E-state index is 13.7. The van der Waals surface area contributed by atoms with Gasteiger partial charge >= 0.3 is 0 Å². The number of fused-ring (bicyclic) bond motifs is 2. The Kier molecular flexibility index (Phi) is 8.21. The van der Waals surface area contributed by atoms with Crippen LogP contribution in [0.2, 0.25) is 0 Å². The standard InChI is InChI=1S/C30H33N5O3S/c31-30(12-14-32-15-13-30)29(38)34-25(16-22-18-39-26-11-4-3-10-24(22)26)28(37)35-27(33-19-36)17-21-8-5-7-20-6-1-2-9-23(20)21/h1-11,18-19,25,27,32H,12-17,31H2,(H,33,36)(H,34,38)(H,35,37)/t25-,27-/m1/s1. The normalized spacial score (nSPS) is 16.3. The second-order valence-corrected chi connectivity index (χ2v) is 11.0. The first-order chi connectivity index (χ1) is 19.0. The van der Waals surface area contributed by atoms with Gasteiger partial charge in [-0.3, -0.25) is 14.4 Å². The summed E-state index contributed by atoms with van der Waals surface area (Å²) in [4.78, 5) is 38.6. The van der Waals surface area contributed by atoms with Gasteiger partial charge in [0, 0.05) is 17.5 Å². The van der Waals surface area contributed by atoms with Gasteiger partial charge in [-0.1, -0.05) is 60.7 Å². The van der Waals surface area contributed by atoms with E-state index in [9.17, 15) is 14.4 Å². The molecule has 39 heavy (non-hydrogen) atoms. The van der Waals surface area contributed by atoms with Gasteiger partial charge in [-0.25, -0.2) is 0 Å². The van der Waals surface area contributed by atoms with Gasteiger partial charge in [0.15, 0.2) is 0 Å². The first kappa shape index (κ1) is 26.8. The van der Waals surface area contributed by atoms with Crippen LogP contribution in [0.3, 0.4) is 0 Å². The molecule has 4 aromatic rings. The smallest absolute Gasteiger partial charge is 0.244 e. The highest BCUT2D eigenvalue weighted by Crippen LogP contribution is 2.27. The van der Waals surface area contributed by atoms with Crippen LogP contribution in [0.15, 0.2) is 72.1 Å². The van der Waals surface area contributed by atoms with Crippen molar-refractivity contribution in [2.45, 2.75) is 43.4 Å². The first-order valence-corrected chi connectivity index (χ1v) is 14.1. The van der Waals surface area contributed by atoms with E-state index in [1.54, 1.807) is 11.3 Å². The summed E-state index contributed by atoms with van der Waals surface area (Å²) < 4.78 is 1.11. The van der Waals surface area contributed by atoms with E-state index in [-0.39, 0.29) is 11.8 Å². The molecule has 2 atom stereocenters. The SMILES string of the molecule is NC1(C(=O)N[C@H](Cc2csc3ccccc23)C(=O)N[C@H](Cc2cccc3ccccc23)NC=O)CCNCC1. The number of carbonyl (C=O) groups excluding carboxylic acids is 3. The molecule has 1 fully saturated rings. The summed E-state index contributed by atoms with van der Waals surface area (Å²) in [6.07, 6.45) is 1.60. The number of nitrogens with two attached hydrogens (primary N) is 1. The Morgan fingerprint density at radius 2 is 1.64 bits per heavy atom. The zero-order valence-corrected chi connectivity index (χ0v) is 22.4. The van der Waals surface area contributed by atoms with Gasteiger partial charge in [-0.2, -0.15) is 0 Å². The Morgan fingerprint density at radius 1 is 0.923 bits per heavy atom. The fourth-order valence-corrected chi connectivity index (χ4v) is 6.19. The van der Waals surface area contributed by atoms with Crippen LogP contribution in [0.5, 0.6) is 0 Å². The highest BCUT2D eigenvalue weighted by Gasteiger charge is 2.37. The van der Waals surface area contributed by atoms with E-state index < -0.39 is 17.7 Å². The van der Waals surface area contributed by atoms with Crippen molar-refractivity contribution in [2.75, 3.05) is 13.1 Å². The third-order valence-corrected chi connectivity index (χ3v) is 8.46. The second kappa shape index (κ2) is 11.9.